The molecule has 0 spiro atoms. The van der Waals surface area contributed by atoms with Crippen molar-refractivity contribution >= 4 is 22.9 Å². The first-order valence-electron chi connectivity index (χ1n) is 2.33. The van der Waals surface area contributed by atoms with E-state index in [1.165, 1.54) is 0 Å². The molecule has 1 heterocycles. The molecule has 0 atom stereocenters. The number of rotatable bonds is 0. The molecule has 1 rings (SSSR count). The Morgan fingerprint density at radius 3 is 2.70 bits per heavy atom. The number of aromatic hydroxyl groups is 1. The quantitative estimate of drug-likeness (QED) is 0.609. The van der Waals surface area contributed by atoms with Crippen molar-refractivity contribution in [3.63, 3.8) is 0 Å². The van der Waals surface area contributed by atoms with Gasteiger partial charge in [0.2, 0.25) is 5.88 Å². The highest BCUT2D eigenvalue weighted by atomic mass is 127. The summed E-state index contributed by atoms with van der Waals surface area (Å²) in [4.78, 5) is 23.0. The molecule has 5 nitrogen and oxygen atoms in total. The molecular weight excluding hydrogens is 251 g/mol. The molecule has 2 N–H and O–H groups in total. The molecule has 0 aliphatic heterocycles. The number of hydrogen-bond donors (Lipinski definition) is 2. The summed E-state index contributed by atoms with van der Waals surface area (Å²) in [6.07, 6.45) is 0. The van der Waals surface area contributed by atoms with Crippen molar-refractivity contribution in [1.29, 1.82) is 0 Å². The third-order valence-electron chi connectivity index (χ3n) is 0.870. The van der Waals surface area contributed by atoms with E-state index in [9.17, 15) is 9.59 Å². The lowest BCUT2D eigenvalue weighted by Gasteiger charge is -1.93. The Morgan fingerprint density at radius 2 is 2.20 bits per heavy atom. The Labute approximate surface area is 68.8 Å². The van der Waals surface area contributed by atoms with Crippen LogP contribution in [0.15, 0.2) is 15.7 Å². The van der Waals surface area contributed by atoms with Gasteiger partial charge in [-0.1, -0.05) is 0 Å². The number of aromatic nitrogens is 2. The van der Waals surface area contributed by atoms with Crippen LogP contribution in [-0.4, -0.2) is 12.9 Å². The van der Waals surface area contributed by atoms with Crippen LogP contribution in [0, 0.1) is 0 Å². The van der Waals surface area contributed by atoms with Crippen molar-refractivity contribution in [2.75, 3.05) is 0 Å². The Kier molecular flexibility index (Phi) is 1.79. The second-order valence-electron chi connectivity index (χ2n) is 1.58. The fraction of sp³-hybridized carbons (Fsp3) is 0. The average Bonchev–Trinajstić information content (AvgIpc) is 1.82. The molecule has 0 fully saturated rings. The van der Waals surface area contributed by atoms with Gasteiger partial charge in [0.25, 0.3) is 5.56 Å². The molecule has 0 saturated carbocycles. The third-order valence-corrected chi connectivity index (χ3v) is 1.80. The van der Waals surface area contributed by atoms with Crippen LogP contribution < -0.4 is 11.2 Å². The van der Waals surface area contributed by atoms with Crippen LogP contribution in [0.3, 0.4) is 0 Å². The Hall–Kier alpha value is -0.790. The van der Waals surface area contributed by atoms with Gasteiger partial charge >= 0.3 is 5.69 Å². The third kappa shape index (κ3) is 1.20. The normalized spacial score (nSPS) is 9.70. The van der Waals surface area contributed by atoms with E-state index >= 15 is 0 Å². The first kappa shape index (κ1) is 7.32. The summed E-state index contributed by atoms with van der Waals surface area (Å²) < 4.78 is 0.902. The van der Waals surface area contributed by atoms with Gasteiger partial charge in [-0.3, -0.25) is 9.78 Å². The summed E-state index contributed by atoms with van der Waals surface area (Å²) in [5.74, 6) is -0.352. The van der Waals surface area contributed by atoms with Crippen molar-refractivity contribution in [1.82, 2.24) is 7.76 Å². The van der Waals surface area contributed by atoms with Crippen molar-refractivity contribution in [3.8, 4) is 5.88 Å². The standard InChI is InChI=1S/C4H3IN2O3/c5-7-3(9)1-2(8)6-4(7)10/h1,9H,(H,6,8,10). The lowest BCUT2D eigenvalue weighted by Crippen LogP contribution is -2.24. The Morgan fingerprint density at radius 1 is 1.60 bits per heavy atom. The maximum Gasteiger partial charge on any atom is 0.340 e. The summed E-state index contributed by atoms with van der Waals surface area (Å²) >= 11 is 1.57. The second-order valence-corrected chi connectivity index (χ2v) is 2.54. The zero-order valence-electron chi connectivity index (χ0n) is 4.67. The van der Waals surface area contributed by atoms with Crippen LogP contribution in [0.2, 0.25) is 0 Å². The van der Waals surface area contributed by atoms with Gasteiger partial charge in [0, 0.05) is 0 Å². The van der Waals surface area contributed by atoms with Gasteiger partial charge in [-0.15, -0.1) is 0 Å². The first-order valence-corrected chi connectivity index (χ1v) is 3.29. The van der Waals surface area contributed by atoms with Gasteiger partial charge in [0.05, 0.1) is 28.9 Å². The predicted molar refractivity (Wildman–Crippen MR) is 42.4 cm³/mol. The van der Waals surface area contributed by atoms with E-state index < -0.39 is 11.2 Å². The number of aromatic amines is 1. The van der Waals surface area contributed by atoms with E-state index in [-0.39, 0.29) is 5.88 Å². The molecule has 0 saturated heterocycles. The van der Waals surface area contributed by atoms with E-state index in [1.807, 2.05) is 4.98 Å². The van der Waals surface area contributed by atoms with Crippen LogP contribution in [-0.2, 0) is 0 Å². The van der Waals surface area contributed by atoms with Gasteiger partial charge in [0.15, 0.2) is 0 Å². The van der Waals surface area contributed by atoms with Gasteiger partial charge in [0.1, 0.15) is 0 Å². The summed E-state index contributed by atoms with van der Waals surface area (Å²) in [5.41, 5.74) is -1.24. The summed E-state index contributed by atoms with van der Waals surface area (Å²) in [6.45, 7) is 0. The zero-order chi connectivity index (χ0) is 7.72. The van der Waals surface area contributed by atoms with Gasteiger partial charge in [-0.25, -0.2) is 7.58 Å². The van der Waals surface area contributed by atoms with E-state index in [1.54, 1.807) is 22.9 Å². The molecule has 0 amide bonds. The molecule has 1 aromatic rings. The summed E-state index contributed by atoms with van der Waals surface area (Å²) in [5, 5.41) is 8.82. The van der Waals surface area contributed by atoms with Crippen molar-refractivity contribution < 1.29 is 5.11 Å². The van der Waals surface area contributed by atoms with Crippen LogP contribution in [0.5, 0.6) is 5.88 Å². The van der Waals surface area contributed by atoms with E-state index in [2.05, 4.69) is 0 Å². The maximum absolute atomic E-state index is 10.6. The van der Waals surface area contributed by atoms with Crippen molar-refractivity contribution in [2.45, 2.75) is 0 Å². The highest BCUT2D eigenvalue weighted by molar-refractivity contribution is 14.1. The monoisotopic (exact) mass is 254 g/mol. The molecule has 0 aliphatic carbocycles. The topological polar surface area (TPSA) is 75.1 Å². The first-order chi connectivity index (χ1) is 4.61. The fourth-order valence-electron chi connectivity index (χ4n) is 0.469. The largest absolute Gasteiger partial charge is 0.494 e. The number of hydrogen-bond acceptors (Lipinski definition) is 3. The maximum atomic E-state index is 10.6. The number of H-pyrrole nitrogens is 1. The van der Waals surface area contributed by atoms with Crippen LogP contribution >= 0.6 is 22.9 Å². The molecule has 10 heavy (non-hydrogen) atoms. The molecule has 0 bridgehead atoms. The van der Waals surface area contributed by atoms with Crippen molar-refractivity contribution in [3.05, 3.63) is 26.9 Å². The summed E-state index contributed by atoms with van der Waals surface area (Å²) in [7, 11) is 0. The van der Waals surface area contributed by atoms with Crippen LogP contribution in [0.25, 0.3) is 0 Å². The zero-order valence-corrected chi connectivity index (χ0v) is 6.82. The lowest BCUT2D eigenvalue weighted by atomic mass is 10.6. The molecule has 0 radical (unpaired) electrons. The van der Waals surface area contributed by atoms with Gasteiger partial charge in [-0.2, -0.15) is 0 Å². The average molecular weight is 254 g/mol. The van der Waals surface area contributed by atoms with E-state index in [0.29, 0.717) is 0 Å². The van der Waals surface area contributed by atoms with Crippen LogP contribution in [0.1, 0.15) is 0 Å². The predicted octanol–water partition coefficient (Wildman–Crippen LogP) is -0.560. The highest BCUT2D eigenvalue weighted by Crippen LogP contribution is 2.02. The fourth-order valence-corrected chi connectivity index (χ4v) is 0.728. The minimum absolute atomic E-state index is 0.352. The molecule has 0 unspecified atom stereocenters. The van der Waals surface area contributed by atoms with Gasteiger partial charge < -0.3 is 5.11 Å². The number of halogens is 1. The lowest BCUT2D eigenvalue weighted by molar-refractivity contribution is 0.445. The smallest absolute Gasteiger partial charge is 0.340 e. The van der Waals surface area contributed by atoms with Gasteiger partial charge in [-0.05, 0) is 0 Å². The number of nitrogens with zero attached hydrogens (tertiary/aromatic N) is 1. The SMILES string of the molecule is O=c1cc(O)n(I)c(=O)[nH]1. The van der Waals surface area contributed by atoms with Crippen molar-refractivity contribution in [2.24, 2.45) is 0 Å². The van der Waals surface area contributed by atoms with Crippen LogP contribution in [0.4, 0.5) is 0 Å². The van der Waals surface area contributed by atoms with E-state index in [0.717, 1.165) is 8.85 Å². The molecule has 0 aliphatic rings. The second kappa shape index (κ2) is 2.45. The Bertz CT molecular complexity index is 352. The van der Waals surface area contributed by atoms with E-state index in [4.69, 9.17) is 5.11 Å². The number of nitrogens with one attached hydrogen (secondary N) is 1. The highest BCUT2D eigenvalue weighted by Gasteiger charge is 1.98. The molecule has 54 valence electrons. The molecule has 1 aromatic heterocycles. The minimum Gasteiger partial charge on any atom is -0.494 e. The molecule has 6 heteroatoms. The Balaban J connectivity index is 3.62. The molecular formula is C4H3IN2O3. The molecule has 0 aromatic carbocycles. The summed E-state index contributed by atoms with van der Waals surface area (Å²) in [6, 6.07) is 0.924. The minimum atomic E-state index is -0.634.